The van der Waals surface area contributed by atoms with Crippen LogP contribution in [0.5, 0.6) is 5.75 Å². The Morgan fingerprint density at radius 1 is 1.21 bits per heavy atom. The highest BCUT2D eigenvalue weighted by Gasteiger charge is 2.30. The minimum Gasteiger partial charge on any atom is -0.497 e. The fourth-order valence-corrected chi connectivity index (χ4v) is 4.70. The van der Waals surface area contributed by atoms with Crippen LogP contribution in [0.25, 0.3) is 10.8 Å². The fourth-order valence-electron chi connectivity index (χ4n) is 3.03. The second-order valence-electron chi connectivity index (χ2n) is 6.30. The molecule has 2 aromatic rings. The lowest BCUT2D eigenvalue weighted by molar-refractivity contribution is -0.122. The van der Waals surface area contributed by atoms with Crippen molar-refractivity contribution in [3.63, 3.8) is 0 Å². The molecule has 1 N–H and O–H groups in total. The Hall–Kier alpha value is -2.08. The summed E-state index contributed by atoms with van der Waals surface area (Å²) in [6.07, 6.45) is 0.498. The van der Waals surface area contributed by atoms with Crippen LogP contribution in [0.4, 0.5) is 0 Å². The first-order valence-electron chi connectivity index (χ1n) is 7.96. The molecule has 128 valence electrons. The standard InChI is InChI=1S/C18H21NO4S/c1-12(18(20)19-16-7-8-24(21,22)11-16)13-3-4-15-10-17(23-2)6-5-14(15)9-13/h3-6,9-10,12,16H,7-8,11H2,1-2H3,(H,19,20)/t12-,16+/m1/s1. The van der Waals surface area contributed by atoms with Gasteiger partial charge in [0.25, 0.3) is 0 Å². The fraction of sp³-hybridized carbons (Fsp3) is 0.389. The third-order valence-electron chi connectivity index (χ3n) is 4.54. The molecule has 0 saturated carbocycles. The highest BCUT2D eigenvalue weighted by atomic mass is 32.2. The molecule has 6 heteroatoms. The molecule has 1 aliphatic heterocycles. The summed E-state index contributed by atoms with van der Waals surface area (Å²) in [7, 11) is -1.36. The van der Waals surface area contributed by atoms with E-state index >= 15 is 0 Å². The van der Waals surface area contributed by atoms with Crippen LogP contribution in [0.3, 0.4) is 0 Å². The lowest BCUT2D eigenvalue weighted by Crippen LogP contribution is -2.38. The molecule has 1 amide bonds. The quantitative estimate of drug-likeness (QED) is 0.921. The summed E-state index contributed by atoms with van der Waals surface area (Å²) in [5.74, 6) is 0.529. The minimum atomic E-state index is -2.99. The number of carbonyl (C=O) groups excluding carboxylic acids is 1. The van der Waals surface area contributed by atoms with Crippen molar-refractivity contribution in [1.82, 2.24) is 5.32 Å². The van der Waals surface area contributed by atoms with E-state index in [4.69, 9.17) is 4.74 Å². The first kappa shape index (κ1) is 16.8. The van der Waals surface area contributed by atoms with Gasteiger partial charge in [0.1, 0.15) is 5.75 Å². The van der Waals surface area contributed by atoms with Crippen LogP contribution >= 0.6 is 0 Å². The van der Waals surface area contributed by atoms with Gasteiger partial charge >= 0.3 is 0 Å². The summed E-state index contributed by atoms with van der Waals surface area (Å²) in [6.45, 7) is 1.84. The van der Waals surface area contributed by atoms with Gasteiger partial charge in [-0.1, -0.05) is 24.3 Å². The molecular formula is C18H21NO4S. The third-order valence-corrected chi connectivity index (χ3v) is 6.31. The third kappa shape index (κ3) is 3.53. The largest absolute Gasteiger partial charge is 0.497 e. The second kappa shape index (κ2) is 6.43. The molecule has 2 aromatic carbocycles. The summed E-state index contributed by atoms with van der Waals surface area (Å²) < 4.78 is 28.2. The van der Waals surface area contributed by atoms with Gasteiger partial charge in [-0.05, 0) is 41.8 Å². The van der Waals surface area contributed by atoms with Gasteiger partial charge in [0, 0.05) is 6.04 Å². The molecule has 0 spiro atoms. The number of nitrogens with one attached hydrogen (secondary N) is 1. The summed E-state index contributed by atoms with van der Waals surface area (Å²) in [6, 6.07) is 11.4. The van der Waals surface area contributed by atoms with Crippen molar-refractivity contribution in [1.29, 1.82) is 0 Å². The molecule has 1 fully saturated rings. The average Bonchev–Trinajstić information content (AvgIpc) is 2.91. The zero-order valence-electron chi connectivity index (χ0n) is 13.8. The monoisotopic (exact) mass is 347 g/mol. The number of carbonyl (C=O) groups is 1. The molecule has 0 radical (unpaired) electrons. The van der Waals surface area contributed by atoms with E-state index < -0.39 is 9.84 Å². The number of hydrogen-bond donors (Lipinski definition) is 1. The van der Waals surface area contributed by atoms with Crippen LogP contribution in [0.1, 0.15) is 24.8 Å². The van der Waals surface area contributed by atoms with Gasteiger partial charge in [-0.15, -0.1) is 0 Å². The summed E-state index contributed by atoms with van der Waals surface area (Å²) in [5.41, 5.74) is 0.908. The Morgan fingerprint density at radius 2 is 1.92 bits per heavy atom. The Labute approximate surface area is 141 Å². The number of methoxy groups -OCH3 is 1. The SMILES string of the molecule is COc1ccc2cc([C@@H](C)C(=O)N[C@H]3CCS(=O)(=O)C3)ccc2c1. The highest BCUT2D eigenvalue weighted by Crippen LogP contribution is 2.25. The maximum Gasteiger partial charge on any atom is 0.227 e. The first-order chi connectivity index (χ1) is 11.4. The van der Waals surface area contributed by atoms with E-state index in [0.717, 1.165) is 22.1 Å². The number of rotatable bonds is 4. The van der Waals surface area contributed by atoms with Crippen molar-refractivity contribution < 1.29 is 17.9 Å². The van der Waals surface area contributed by atoms with Gasteiger partial charge in [-0.2, -0.15) is 0 Å². The van der Waals surface area contributed by atoms with Crippen molar-refractivity contribution in [2.45, 2.75) is 25.3 Å². The van der Waals surface area contributed by atoms with Crippen LogP contribution < -0.4 is 10.1 Å². The van der Waals surface area contributed by atoms with Crippen LogP contribution in [0, 0.1) is 0 Å². The smallest absolute Gasteiger partial charge is 0.227 e. The van der Waals surface area contributed by atoms with E-state index in [2.05, 4.69) is 5.32 Å². The number of benzene rings is 2. The van der Waals surface area contributed by atoms with Crippen LogP contribution in [0.2, 0.25) is 0 Å². The van der Waals surface area contributed by atoms with Gasteiger partial charge in [-0.3, -0.25) is 4.79 Å². The Bertz CT molecular complexity index is 876. The molecule has 1 aliphatic rings. The minimum absolute atomic E-state index is 0.0446. The molecule has 1 heterocycles. The maximum atomic E-state index is 12.4. The molecule has 3 rings (SSSR count). The van der Waals surface area contributed by atoms with Crippen molar-refractivity contribution in [3.8, 4) is 5.75 Å². The van der Waals surface area contributed by atoms with Crippen LogP contribution in [-0.2, 0) is 14.6 Å². The topological polar surface area (TPSA) is 72.5 Å². The molecule has 0 aromatic heterocycles. The highest BCUT2D eigenvalue weighted by molar-refractivity contribution is 7.91. The Kier molecular flexibility index (Phi) is 4.49. The molecule has 1 saturated heterocycles. The Balaban J connectivity index is 1.75. The van der Waals surface area contributed by atoms with Crippen LogP contribution in [0.15, 0.2) is 36.4 Å². The van der Waals surface area contributed by atoms with Gasteiger partial charge in [-0.25, -0.2) is 8.42 Å². The van der Waals surface area contributed by atoms with Crippen LogP contribution in [-0.4, -0.2) is 39.0 Å². The number of ether oxygens (including phenoxy) is 1. The summed E-state index contributed by atoms with van der Waals surface area (Å²) in [5, 5.41) is 4.95. The van der Waals surface area contributed by atoms with Crippen molar-refractivity contribution in [2.24, 2.45) is 0 Å². The van der Waals surface area contributed by atoms with E-state index in [9.17, 15) is 13.2 Å². The number of fused-ring (bicyclic) bond motifs is 1. The van der Waals surface area contributed by atoms with Crippen molar-refractivity contribution in [2.75, 3.05) is 18.6 Å². The Morgan fingerprint density at radius 3 is 2.58 bits per heavy atom. The number of amides is 1. The zero-order valence-corrected chi connectivity index (χ0v) is 14.6. The molecule has 5 nitrogen and oxygen atoms in total. The van der Waals surface area contributed by atoms with Gasteiger partial charge < -0.3 is 10.1 Å². The van der Waals surface area contributed by atoms with Gasteiger partial charge in [0.2, 0.25) is 5.91 Å². The lowest BCUT2D eigenvalue weighted by atomic mass is 9.96. The molecule has 0 unspecified atom stereocenters. The second-order valence-corrected chi connectivity index (χ2v) is 8.53. The van der Waals surface area contributed by atoms with Crippen molar-refractivity contribution >= 4 is 26.5 Å². The molecule has 0 aliphatic carbocycles. The molecule has 24 heavy (non-hydrogen) atoms. The summed E-state index contributed by atoms with van der Waals surface area (Å²) in [4.78, 5) is 12.4. The molecule has 2 atom stereocenters. The van der Waals surface area contributed by atoms with Gasteiger partial charge in [0.15, 0.2) is 9.84 Å². The van der Waals surface area contributed by atoms with E-state index in [1.807, 2.05) is 43.3 Å². The normalized spacial score (nSPS) is 20.7. The summed E-state index contributed by atoms with van der Waals surface area (Å²) >= 11 is 0. The predicted octanol–water partition coefficient (Wildman–Crippen LogP) is 2.26. The van der Waals surface area contributed by atoms with Crippen molar-refractivity contribution in [3.05, 3.63) is 42.0 Å². The number of sulfone groups is 1. The maximum absolute atomic E-state index is 12.4. The van der Waals surface area contributed by atoms with E-state index in [0.29, 0.717) is 6.42 Å². The zero-order chi connectivity index (χ0) is 17.3. The number of hydrogen-bond acceptors (Lipinski definition) is 4. The average molecular weight is 347 g/mol. The van der Waals surface area contributed by atoms with E-state index in [1.165, 1.54) is 0 Å². The molecule has 0 bridgehead atoms. The molecular weight excluding hydrogens is 326 g/mol. The lowest BCUT2D eigenvalue weighted by Gasteiger charge is -2.17. The van der Waals surface area contributed by atoms with E-state index in [-0.39, 0.29) is 29.4 Å². The van der Waals surface area contributed by atoms with Gasteiger partial charge in [0.05, 0.1) is 24.5 Å². The first-order valence-corrected chi connectivity index (χ1v) is 9.78. The van der Waals surface area contributed by atoms with E-state index in [1.54, 1.807) is 7.11 Å². The predicted molar refractivity (Wildman–Crippen MR) is 94.1 cm³/mol.